The van der Waals surface area contributed by atoms with Crippen LogP contribution in [0.3, 0.4) is 0 Å². The van der Waals surface area contributed by atoms with E-state index < -0.39 is 10.0 Å². The number of hydrogen-bond donors (Lipinski definition) is 1. The predicted molar refractivity (Wildman–Crippen MR) is 96.5 cm³/mol. The molecule has 0 amide bonds. The molecule has 1 aromatic carbocycles. The van der Waals surface area contributed by atoms with Crippen LogP contribution in [0.4, 0.5) is 0 Å². The number of aryl methyl sites for hydroxylation is 1. The summed E-state index contributed by atoms with van der Waals surface area (Å²) in [6, 6.07) is 5.24. The summed E-state index contributed by atoms with van der Waals surface area (Å²) in [6.07, 6.45) is 4.87. The van der Waals surface area contributed by atoms with E-state index in [1.807, 2.05) is 13.0 Å². The zero-order valence-corrected chi connectivity index (χ0v) is 15.7. The third-order valence-electron chi connectivity index (χ3n) is 4.86. The molecule has 140 valence electrons. The van der Waals surface area contributed by atoms with Gasteiger partial charge in [-0.3, -0.25) is 4.90 Å². The molecule has 0 spiro atoms. The number of ether oxygens (including phenoxy) is 2. The van der Waals surface area contributed by atoms with Crippen LogP contribution in [0.2, 0.25) is 0 Å². The number of nitrogens with one attached hydrogen (secondary N) is 1. The lowest BCUT2D eigenvalue weighted by Gasteiger charge is -2.26. The van der Waals surface area contributed by atoms with Gasteiger partial charge in [-0.15, -0.1) is 0 Å². The second kappa shape index (κ2) is 8.49. The Morgan fingerprint density at radius 1 is 1.24 bits per heavy atom. The molecular weight excluding hydrogens is 340 g/mol. The van der Waals surface area contributed by atoms with Gasteiger partial charge in [0.15, 0.2) is 0 Å². The van der Waals surface area contributed by atoms with Crippen LogP contribution < -0.4 is 9.46 Å². The Labute approximate surface area is 150 Å². The number of sulfonamides is 1. The minimum Gasteiger partial charge on any atom is -0.490 e. The molecule has 1 aromatic rings. The molecule has 1 aliphatic carbocycles. The fraction of sp³-hybridized carbons (Fsp3) is 0.667. The number of morpholine rings is 1. The van der Waals surface area contributed by atoms with Crippen molar-refractivity contribution in [3.05, 3.63) is 23.8 Å². The Morgan fingerprint density at radius 3 is 2.64 bits per heavy atom. The SMILES string of the molecule is Cc1cc(OC2CCCC2)ccc1S(=O)(=O)NCCN1CCOCC1. The van der Waals surface area contributed by atoms with Crippen LogP contribution in [-0.2, 0) is 14.8 Å². The maximum absolute atomic E-state index is 12.6. The molecule has 1 heterocycles. The van der Waals surface area contributed by atoms with Gasteiger partial charge in [0.1, 0.15) is 5.75 Å². The highest BCUT2D eigenvalue weighted by Gasteiger charge is 2.20. The monoisotopic (exact) mass is 368 g/mol. The largest absolute Gasteiger partial charge is 0.490 e. The minimum absolute atomic E-state index is 0.272. The molecule has 0 aromatic heterocycles. The van der Waals surface area contributed by atoms with Crippen LogP contribution in [0.5, 0.6) is 5.75 Å². The second-order valence-electron chi connectivity index (χ2n) is 6.80. The third kappa shape index (κ3) is 5.17. The molecule has 2 aliphatic rings. The topological polar surface area (TPSA) is 67.9 Å². The Balaban J connectivity index is 1.56. The average molecular weight is 368 g/mol. The van der Waals surface area contributed by atoms with Crippen molar-refractivity contribution in [2.75, 3.05) is 39.4 Å². The van der Waals surface area contributed by atoms with Crippen molar-refractivity contribution < 1.29 is 17.9 Å². The first kappa shape index (κ1) is 18.6. The van der Waals surface area contributed by atoms with E-state index in [9.17, 15) is 8.42 Å². The Morgan fingerprint density at radius 2 is 1.96 bits per heavy atom. The molecular formula is C18H28N2O4S. The minimum atomic E-state index is -3.50. The van der Waals surface area contributed by atoms with Crippen molar-refractivity contribution in [1.82, 2.24) is 9.62 Å². The molecule has 25 heavy (non-hydrogen) atoms. The van der Waals surface area contributed by atoms with Crippen molar-refractivity contribution in [3.63, 3.8) is 0 Å². The summed E-state index contributed by atoms with van der Waals surface area (Å²) in [4.78, 5) is 2.53. The molecule has 0 atom stereocenters. The molecule has 1 saturated carbocycles. The highest BCUT2D eigenvalue weighted by molar-refractivity contribution is 7.89. The van der Waals surface area contributed by atoms with Gasteiger partial charge in [-0.1, -0.05) is 0 Å². The van der Waals surface area contributed by atoms with E-state index in [0.29, 0.717) is 31.2 Å². The van der Waals surface area contributed by atoms with Gasteiger partial charge in [-0.05, 0) is 56.4 Å². The molecule has 6 nitrogen and oxygen atoms in total. The standard InChI is InChI=1S/C18H28N2O4S/c1-15-14-17(24-16-4-2-3-5-16)6-7-18(15)25(21,22)19-8-9-20-10-12-23-13-11-20/h6-7,14,16,19H,2-5,8-13H2,1H3. The van der Waals surface area contributed by atoms with Crippen LogP contribution >= 0.6 is 0 Å². The van der Waals surface area contributed by atoms with Crippen LogP contribution in [0.15, 0.2) is 23.1 Å². The molecule has 0 unspecified atom stereocenters. The molecule has 1 saturated heterocycles. The van der Waals surface area contributed by atoms with Gasteiger partial charge in [0.2, 0.25) is 10.0 Å². The smallest absolute Gasteiger partial charge is 0.240 e. The van der Waals surface area contributed by atoms with Crippen molar-refractivity contribution >= 4 is 10.0 Å². The van der Waals surface area contributed by atoms with E-state index in [2.05, 4.69) is 9.62 Å². The van der Waals surface area contributed by atoms with Gasteiger partial charge >= 0.3 is 0 Å². The lowest BCUT2D eigenvalue weighted by molar-refractivity contribution is 0.0390. The summed E-state index contributed by atoms with van der Waals surface area (Å²) in [7, 11) is -3.50. The number of rotatable bonds is 7. The first-order valence-electron chi connectivity index (χ1n) is 9.12. The van der Waals surface area contributed by atoms with E-state index >= 15 is 0 Å². The van der Waals surface area contributed by atoms with Crippen molar-refractivity contribution in [3.8, 4) is 5.75 Å². The summed E-state index contributed by atoms with van der Waals surface area (Å²) >= 11 is 0. The molecule has 7 heteroatoms. The Kier molecular flexibility index (Phi) is 6.33. The van der Waals surface area contributed by atoms with E-state index in [1.54, 1.807) is 12.1 Å². The van der Waals surface area contributed by atoms with Crippen LogP contribution in [0, 0.1) is 6.92 Å². The van der Waals surface area contributed by atoms with Gasteiger partial charge in [-0.2, -0.15) is 0 Å². The van der Waals surface area contributed by atoms with Crippen molar-refractivity contribution in [2.24, 2.45) is 0 Å². The van der Waals surface area contributed by atoms with Crippen LogP contribution in [-0.4, -0.2) is 58.8 Å². The van der Waals surface area contributed by atoms with E-state index in [1.165, 1.54) is 12.8 Å². The quantitative estimate of drug-likeness (QED) is 0.796. The lowest BCUT2D eigenvalue weighted by Crippen LogP contribution is -2.41. The van der Waals surface area contributed by atoms with Gasteiger partial charge in [-0.25, -0.2) is 13.1 Å². The number of hydrogen-bond acceptors (Lipinski definition) is 5. The normalized spacial score (nSPS) is 20.0. The highest BCUT2D eigenvalue weighted by Crippen LogP contribution is 2.26. The fourth-order valence-corrected chi connectivity index (χ4v) is 4.68. The first-order valence-corrected chi connectivity index (χ1v) is 10.6. The van der Waals surface area contributed by atoms with Crippen LogP contribution in [0.1, 0.15) is 31.2 Å². The lowest BCUT2D eigenvalue weighted by atomic mass is 10.2. The summed E-state index contributed by atoms with van der Waals surface area (Å²) in [5.74, 6) is 0.761. The van der Waals surface area contributed by atoms with Gasteiger partial charge < -0.3 is 9.47 Å². The molecule has 0 bridgehead atoms. The predicted octanol–water partition coefficient (Wildman–Crippen LogP) is 1.93. The van der Waals surface area contributed by atoms with Gasteiger partial charge in [0.05, 0.1) is 24.2 Å². The number of nitrogens with zero attached hydrogens (tertiary/aromatic N) is 1. The molecule has 1 aliphatic heterocycles. The average Bonchev–Trinajstić information content (AvgIpc) is 3.08. The van der Waals surface area contributed by atoms with E-state index in [0.717, 1.165) is 37.2 Å². The third-order valence-corrected chi connectivity index (χ3v) is 6.49. The second-order valence-corrected chi connectivity index (χ2v) is 8.54. The maximum atomic E-state index is 12.6. The van der Waals surface area contributed by atoms with E-state index in [-0.39, 0.29) is 6.10 Å². The fourth-order valence-electron chi connectivity index (χ4n) is 3.44. The summed E-state index contributed by atoms with van der Waals surface area (Å²) in [5, 5.41) is 0. The Bertz CT molecular complexity index is 666. The zero-order chi connectivity index (χ0) is 17.7. The van der Waals surface area contributed by atoms with Gasteiger partial charge in [0.25, 0.3) is 0 Å². The highest BCUT2D eigenvalue weighted by atomic mass is 32.2. The first-order chi connectivity index (χ1) is 12.0. The number of benzene rings is 1. The summed E-state index contributed by atoms with van der Waals surface area (Å²) in [5.41, 5.74) is 0.717. The maximum Gasteiger partial charge on any atom is 0.240 e. The molecule has 3 rings (SSSR count). The van der Waals surface area contributed by atoms with Gasteiger partial charge in [0, 0.05) is 26.2 Å². The zero-order valence-electron chi connectivity index (χ0n) is 14.9. The summed E-state index contributed by atoms with van der Waals surface area (Å²) < 4.78 is 39.1. The Hall–Kier alpha value is -1.15. The summed E-state index contributed by atoms with van der Waals surface area (Å²) in [6.45, 7) is 6.06. The van der Waals surface area contributed by atoms with Crippen molar-refractivity contribution in [2.45, 2.75) is 43.6 Å². The molecule has 0 radical (unpaired) electrons. The van der Waals surface area contributed by atoms with E-state index in [4.69, 9.17) is 9.47 Å². The molecule has 2 fully saturated rings. The molecule has 1 N–H and O–H groups in total. The van der Waals surface area contributed by atoms with Crippen molar-refractivity contribution in [1.29, 1.82) is 0 Å². The van der Waals surface area contributed by atoms with Crippen LogP contribution in [0.25, 0.3) is 0 Å².